The molecule has 0 aliphatic rings. The minimum Gasteiger partial charge on any atom is -0.457 e. The van der Waals surface area contributed by atoms with E-state index in [0.29, 0.717) is 11.4 Å². The van der Waals surface area contributed by atoms with Gasteiger partial charge in [-0.2, -0.15) is 0 Å². The van der Waals surface area contributed by atoms with E-state index in [1.165, 1.54) is 4.90 Å². The normalized spacial score (nSPS) is 11.9. The molecule has 0 aromatic heterocycles. The summed E-state index contributed by atoms with van der Waals surface area (Å²) < 4.78 is 5.83. The van der Waals surface area contributed by atoms with Crippen LogP contribution in [0.3, 0.4) is 0 Å². The van der Waals surface area contributed by atoms with E-state index in [-0.39, 0.29) is 5.84 Å². The molecule has 2 aromatic carbocycles. The second-order valence-electron chi connectivity index (χ2n) is 5.29. The van der Waals surface area contributed by atoms with E-state index < -0.39 is 6.35 Å². The molecule has 0 amide bonds. The van der Waals surface area contributed by atoms with Crippen molar-refractivity contribution < 1.29 is 9.84 Å². The maximum atomic E-state index is 9.53. The third kappa shape index (κ3) is 3.84. The van der Waals surface area contributed by atoms with Gasteiger partial charge in [0.05, 0.1) is 0 Å². The third-order valence-corrected chi connectivity index (χ3v) is 3.17. The molecule has 0 saturated heterocycles. The molecular weight excluding hydrogens is 278 g/mol. The Morgan fingerprint density at radius 2 is 1.64 bits per heavy atom. The van der Waals surface area contributed by atoms with Crippen molar-refractivity contribution in [3.8, 4) is 11.5 Å². The molecule has 0 aliphatic carbocycles. The number of aliphatic hydroxyl groups is 1. The molecule has 0 bridgehead atoms. The van der Waals surface area contributed by atoms with E-state index in [0.717, 1.165) is 16.9 Å². The molecule has 1 unspecified atom stereocenters. The molecular formula is C17H21N3O2. The molecule has 5 heteroatoms. The van der Waals surface area contributed by atoms with E-state index in [4.69, 9.17) is 15.9 Å². The summed E-state index contributed by atoms with van der Waals surface area (Å²) in [6, 6.07) is 13.1. The van der Waals surface area contributed by atoms with Crippen LogP contribution in [-0.2, 0) is 0 Å². The molecule has 0 spiro atoms. The summed E-state index contributed by atoms with van der Waals surface area (Å²) >= 11 is 0. The highest BCUT2D eigenvalue weighted by Gasteiger charge is 2.14. The molecule has 0 aliphatic heterocycles. The van der Waals surface area contributed by atoms with Crippen LogP contribution < -0.4 is 15.4 Å². The number of nitrogens with zero attached hydrogens (tertiary/aromatic N) is 1. The Kier molecular flexibility index (Phi) is 4.80. The van der Waals surface area contributed by atoms with E-state index >= 15 is 0 Å². The standard InChI is InChI=1S/C17H21N3O2/c1-11-8-12(2)10-16(9-11)22-15-6-4-14(5-7-15)20(13(3)18)17(19)21/h4-10,17-18,21H,19H2,1-3H3. The summed E-state index contributed by atoms with van der Waals surface area (Å²) in [6.07, 6.45) is -1.25. The first-order valence-electron chi connectivity index (χ1n) is 7.01. The quantitative estimate of drug-likeness (QED) is 0.460. The third-order valence-electron chi connectivity index (χ3n) is 3.17. The first kappa shape index (κ1) is 16.0. The summed E-state index contributed by atoms with van der Waals surface area (Å²) in [6.45, 7) is 5.61. The topological polar surface area (TPSA) is 82.6 Å². The van der Waals surface area contributed by atoms with Gasteiger partial charge in [-0.3, -0.25) is 16.0 Å². The second-order valence-corrected chi connectivity index (χ2v) is 5.29. The van der Waals surface area contributed by atoms with E-state index in [2.05, 4.69) is 6.07 Å². The maximum absolute atomic E-state index is 9.53. The lowest BCUT2D eigenvalue weighted by atomic mass is 10.1. The highest BCUT2D eigenvalue weighted by molar-refractivity contribution is 5.93. The number of nitrogens with two attached hydrogens (primary N) is 1. The minimum absolute atomic E-state index is 0.165. The van der Waals surface area contributed by atoms with Gasteiger partial charge in [-0.15, -0.1) is 0 Å². The number of hydrogen-bond donors (Lipinski definition) is 3. The zero-order valence-electron chi connectivity index (χ0n) is 13.0. The Bertz CT molecular complexity index is 646. The fourth-order valence-corrected chi connectivity index (χ4v) is 2.35. The number of hydrogen-bond acceptors (Lipinski definition) is 4. The molecule has 0 heterocycles. The van der Waals surface area contributed by atoms with Crippen molar-refractivity contribution in [2.75, 3.05) is 4.90 Å². The number of benzene rings is 2. The van der Waals surface area contributed by atoms with Crippen LogP contribution in [-0.4, -0.2) is 17.3 Å². The molecule has 0 fully saturated rings. The van der Waals surface area contributed by atoms with E-state index in [1.54, 1.807) is 31.2 Å². The van der Waals surface area contributed by atoms with Crippen LogP contribution in [0.25, 0.3) is 0 Å². The van der Waals surface area contributed by atoms with Crippen molar-refractivity contribution in [2.45, 2.75) is 27.1 Å². The van der Waals surface area contributed by atoms with E-state index in [9.17, 15) is 5.11 Å². The number of ether oxygens (including phenoxy) is 1. The lowest BCUT2D eigenvalue weighted by molar-refractivity contribution is 0.191. The van der Waals surface area contributed by atoms with Crippen molar-refractivity contribution in [1.82, 2.24) is 0 Å². The van der Waals surface area contributed by atoms with Gasteiger partial charge in [0.15, 0.2) is 6.35 Å². The van der Waals surface area contributed by atoms with Gasteiger partial charge in [-0.1, -0.05) is 6.07 Å². The fraction of sp³-hybridized carbons (Fsp3) is 0.235. The molecule has 22 heavy (non-hydrogen) atoms. The summed E-state index contributed by atoms with van der Waals surface area (Å²) in [4.78, 5) is 1.32. The van der Waals surface area contributed by atoms with Crippen LogP contribution >= 0.6 is 0 Å². The number of anilines is 1. The average Bonchev–Trinajstić information content (AvgIpc) is 2.39. The Labute approximate surface area is 130 Å². The van der Waals surface area contributed by atoms with Crippen LogP contribution in [0.1, 0.15) is 18.1 Å². The lowest BCUT2D eigenvalue weighted by Gasteiger charge is -2.26. The zero-order valence-corrected chi connectivity index (χ0v) is 13.0. The van der Waals surface area contributed by atoms with Crippen LogP contribution in [0.4, 0.5) is 5.69 Å². The number of amidine groups is 1. The monoisotopic (exact) mass is 299 g/mol. The van der Waals surface area contributed by atoms with Gasteiger partial charge >= 0.3 is 0 Å². The highest BCUT2D eigenvalue weighted by atomic mass is 16.5. The number of aliphatic hydroxyl groups excluding tert-OH is 1. The van der Waals surface area contributed by atoms with Crippen molar-refractivity contribution in [3.63, 3.8) is 0 Å². The SMILES string of the molecule is CC(=N)N(c1ccc(Oc2cc(C)cc(C)c2)cc1)C(N)O. The van der Waals surface area contributed by atoms with Gasteiger partial charge < -0.3 is 9.84 Å². The molecule has 2 rings (SSSR count). The second kappa shape index (κ2) is 6.60. The largest absolute Gasteiger partial charge is 0.457 e. The molecule has 2 aromatic rings. The molecule has 0 saturated carbocycles. The Balaban J connectivity index is 2.20. The average molecular weight is 299 g/mol. The van der Waals surface area contributed by atoms with Crippen molar-refractivity contribution in [3.05, 3.63) is 53.6 Å². The first-order valence-corrected chi connectivity index (χ1v) is 7.01. The van der Waals surface area contributed by atoms with Gasteiger partial charge in [0, 0.05) is 5.69 Å². The van der Waals surface area contributed by atoms with Crippen LogP contribution in [0.15, 0.2) is 42.5 Å². The van der Waals surface area contributed by atoms with Gasteiger partial charge in [-0.05, 0) is 68.3 Å². The predicted molar refractivity (Wildman–Crippen MR) is 88.5 cm³/mol. The fourth-order valence-electron chi connectivity index (χ4n) is 2.35. The van der Waals surface area contributed by atoms with Gasteiger partial charge in [0.1, 0.15) is 17.3 Å². The molecule has 4 N–H and O–H groups in total. The van der Waals surface area contributed by atoms with Crippen molar-refractivity contribution in [2.24, 2.45) is 5.73 Å². The lowest BCUT2D eigenvalue weighted by Crippen LogP contribution is -2.44. The molecule has 0 radical (unpaired) electrons. The summed E-state index contributed by atoms with van der Waals surface area (Å²) in [7, 11) is 0. The minimum atomic E-state index is -1.25. The van der Waals surface area contributed by atoms with Crippen LogP contribution in [0.5, 0.6) is 11.5 Å². The maximum Gasteiger partial charge on any atom is 0.186 e. The number of rotatable bonds is 4. The predicted octanol–water partition coefficient (Wildman–Crippen LogP) is 3.13. The molecule has 1 atom stereocenters. The van der Waals surface area contributed by atoms with Crippen LogP contribution in [0, 0.1) is 19.3 Å². The van der Waals surface area contributed by atoms with Crippen molar-refractivity contribution in [1.29, 1.82) is 5.41 Å². The molecule has 5 nitrogen and oxygen atoms in total. The van der Waals surface area contributed by atoms with Crippen molar-refractivity contribution >= 4 is 11.5 Å². The Morgan fingerprint density at radius 3 is 2.09 bits per heavy atom. The number of aryl methyl sites for hydroxylation is 2. The van der Waals surface area contributed by atoms with Crippen LogP contribution in [0.2, 0.25) is 0 Å². The van der Waals surface area contributed by atoms with Gasteiger partial charge in [0.2, 0.25) is 0 Å². The first-order chi connectivity index (χ1) is 10.4. The zero-order chi connectivity index (χ0) is 16.3. The number of nitrogens with one attached hydrogen (secondary N) is 1. The highest BCUT2D eigenvalue weighted by Crippen LogP contribution is 2.26. The smallest absolute Gasteiger partial charge is 0.186 e. The summed E-state index contributed by atoms with van der Waals surface area (Å²) in [5, 5.41) is 17.2. The van der Waals surface area contributed by atoms with Gasteiger partial charge in [0.25, 0.3) is 0 Å². The summed E-state index contributed by atoms with van der Waals surface area (Å²) in [5.74, 6) is 1.63. The van der Waals surface area contributed by atoms with Gasteiger partial charge in [-0.25, -0.2) is 0 Å². The Morgan fingerprint density at radius 1 is 1.09 bits per heavy atom. The summed E-state index contributed by atoms with van der Waals surface area (Å²) in [5.41, 5.74) is 8.39. The molecule has 116 valence electrons. The van der Waals surface area contributed by atoms with E-state index in [1.807, 2.05) is 26.0 Å². The Hall–Kier alpha value is -2.37.